The van der Waals surface area contributed by atoms with Gasteiger partial charge in [0.15, 0.2) is 0 Å². The van der Waals surface area contributed by atoms with Gasteiger partial charge in [-0.25, -0.2) is 0 Å². The second kappa shape index (κ2) is 9.47. The lowest BCUT2D eigenvalue weighted by molar-refractivity contribution is 0.0677. The largest absolute Gasteiger partial charge is 0.489 e. The number of carbonyl (C=O) groups excluding carboxylic acids is 1. The Balaban J connectivity index is 1.37. The first kappa shape index (κ1) is 20.0. The molecule has 1 amide bonds. The lowest BCUT2D eigenvalue weighted by Crippen LogP contribution is -2.43. The zero-order chi connectivity index (χ0) is 19.3. The SMILES string of the molecule is O=C(NC1CCOCC1)c1cc(Cl)ccc1OC1CCN(C2CCCC2)CC1. The van der Waals surface area contributed by atoms with Crippen LogP contribution in [-0.4, -0.2) is 55.3 Å². The summed E-state index contributed by atoms with van der Waals surface area (Å²) < 4.78 is 11.7. The molecule has 1 N–H and O–H groups in total. The summed E-state index contributed by atoms with van der Waals surface area (Å²) in [6, 6.07) is 6.29. The number of amides is 1. The van der Waals surface area contributed by atoms with Gasteiger partial charge in [0.1, 0.15) is 11.9 Å². The van der Waals surface area contributed by atoms with Gasteiger partial charge in [-0.15, -0.1) is 0 Å². The molecule has 2 saturated heterocycles. The summed E-state index contributed by atoms with van der Waals surface area (Å²) in [4.78, 5) is 15.5. The van der Waals surface area contributed by atoms with Crippen molar-refractivity contribution in [1.29, 1.82) is 0 Å². The minimum Gasteiger partial charge on any atom is -0.489 e. The molecule has 1 aromatic carbocycles. The van der Waals surface area contributed by atoms with Crippen LogP contribution in [0, 0.1) is 0 Å². The molecule has 2 heterocycles. The van der Waals surface area contributed by atoms with E-state index in [-0.39, 0.29) is 18.1 Å². The number of likely N-dealkylation sites (tertiary alicyclic amines) is 1. The van der Waals surface area contributed by atoms with Crippen LogP contribution < -0.4 is 10.1 Å². The summed E-state index contributed by atoms with van der Waals surface area (Å²) in [5.74, 6) is 0.543. The van der Waals surface area contributed by atoms with Crippen LogP contribution in [0.4, 0.5) is 0 Å². The number of carbonyl (C=O) groups is 1. The molecule has 0 unspecified atom stereocenters. The van der Waals surface area contributed by atoms with Crippen molar-refractivity contribution < 1.29 is 14.3 Å². The average Bonchev–Trinajstić information content (AvgIpc) is 3.25. The molecule has 28 heavy (non-hydrogen) atoms. The summed E-state index contributed by atoms with van der Waals surface area (Å²) >= 11 is 6.18. The van der Waals surface area contributed by atoms with E-state index in [1.165, 1.54) is 25.7 Å². The van der Waals surface area contributed by atoms with Crippen LogP contribution >= 0.6 is 11.6 Å². The Hall–Kier alpha value is -1.30. The number of rotatable bonds is 5. The van der Waals surface area contributed by atoms with Crippen molar-refractivity contribution in [3.8, 4) is 5.75 Å². The van der Waals surface area contributed by atoms with E-state index < -0.39 is 0 Å². The lowest BCUT2D eigenvalue weighted by atomic mass is 10.0. The van der Waals surface area contributed by atoms with Crippen LogP contribution in [0.25, 0.3) is 0 Å². The van der Waals surface area contributed by atoms with Gasteiger partial charge in [-0.2, -0.15) is 0 Å². The first-order valence-corrected chi connectivity index (χ1v) is 11.2. The van der Waals surface area contributed by atoms with E-state index in [9.17, 15) is 4.79 Å². The van der Waals surface area contributed by atoms with Gasteiger partial charge in [0.25, 0.3) is 5.91 Å². The Bertz CT molecular complexity index is 664. The normalized spacial score (nSPS) is 23.0. The molecule has 1 aromatic rings. The standard InChI is InChI=1S/C22H31ClN2O3/c23-16-5-6-21(20(15-16)22(26)24-17-9-13-27-14-10-17)28-19-7-11-25(12-8-19)18-3-1-2-4-18/h5-6,15,17-19H,1-4,7-14H2,(H,24,26). The van der Waals surface area contributed by atoms with E-state index in [2.05, 4.69) is 10.2 Å². The lowest BCUT2D eigenvalue weighted by Gasteiger charge is -2.36. The predicted molar refractivity (Wildman–Crippen MR) is 110 cm³/mol. The molecule has 2 aliphatic heterocycles. The van der Waals surface area contributed by atoms with Crippen molar-refractivity contribution in [3.63, 3.8) is 0 Å². The maximum atomic E-state index is 12.9. The topological polar surface area (TPSA) is 50.8 Å². The van der Waals surface area contributed by atoms with E-state index in [1.807, 2.05) is 6.07 Å². The van der Waals surface area contributed by atoms with Crippen LogP contribution in [0.2, 0.25) is 5.02 Å². The molecule has 6 heteroatoms. The number of piperidine rings is 1. The van der Waals surface area contributed by atoms with Gasteiger partial charge in [0.2, 0.25) is 0 Å². The highest BCUT2D eigenvalue weighted by molar-refractivity contribution is 6.31. The smallest absolute Gasteiger partial charge is 0.255 e. The third-order valence-electron chi connectivity index (χ3n) is 6.35. The van der Waals surface area contributed by atoms with Crippen LogP contribution in [-0.2, 0) is 4.74 Å². The minimum atomic E-state index is -0.104. The molecule has 0 radical (unpaired) electrons. The van der Waals surface area contributed by atoms with Gasteiger partial charge in [-0.3, -0.25) is 4.79 Å². The molecule has 0 spiro atoms. The molecule has 1 saturated carbocycles. The Morgan fingerprint density at radius 2 is 1.79 bits per heavy atom. The van der Waals surface area contributed by atoms with E-state index in [4.69, 9.17) is 21.1 Å². The predicted octanol–water partition coefficient (Wildman–Crippen LogP) is 4.03. The highest BCUT2D eigenvalue weighted by Gasteiger charge is 2.29. The molecule has 154 valence electrons. The third kappa shape index (κ3) is 5.00. The fourth-order valence-electron chi connectivity index (χ4n) is 4.70. The summed E-state index contributed by atoms with van der Waals surface area (Å²) in [6.45, 7) is 3.58. The zero-order valence-electron chi connectivity index (χ0n) is 16.5. The number of ether oxygens (including phenoxy) is 2. The summed E-state index contributed by atoms with van der Waals surface area (Å²) in [5, 5.41) is 3.67. The van der Waals surface area contributed by atoms with E-state index in [1.54, 1.807) is 12.1 Å². The zero-order valence-corrected chi connectivity index (χ0v) is 17.3. The Morgan fingerprint density at radius 1 is 1.07 bits per heavy atom. The number of benzene rings is 1. The number of hydrogen-bond donors (Lipinski definition) is 1. The third-order valence-corrected chi connectivity index (χ3v) is 6.59. The summed E-state index contributed by atoms with van der Waals surface area (Å²) in [6.07, 6.45) is 9.33. The number of nitrogens with zero attached hydrogens (tertiary/aromatic N) is 1. The second-order valence-corrected chi connectivity index (χ2v) is 8.73. The molecular formula is C22H31ClN2O3. The highest BCUT2D eigenvalue weighted by atomic mass is 35.5. The monoisotopic (exact) mass is 406 g/mol. The maximum absolute atomic E-state index is 12.9. The Labute approximate surface area is 172 Å². The molecule has 0 atom stereocenters. The number of nitrogens with one attached hydrogen (secondary N) is 1. The number of halogens is 1. The van der Waals surface area contributed by atoms with E-state index in [0.29, 0.717) is 29.5 Å². The van der Waals surface area contributed by atoms with E-state index >= 15 is 0 Å². The summed E-state index contributed by atoms with van der Waals surface area (Å²) in [7, 11) is 0. The van der Waals surface area contributed by atoms with Crippen LogP contribution in [0.3, 0.4) is 0 Å². The molecule has 0 aromatic heterocycles. The van der Waals surface area contributed by atoms with Gasteiger partial charge in [0, 0.05) is 43.4 Å². The van der Waals surface area contributed by atoms with Crippen molar-refractivity contribution >= 4 is 17.5 Å². The quantitative estimate of drug-likeness (QED) is 0.801. The van der Waals surface area contributed by atoms with Gasteiger partial charge >= 0.3 is 0 Å². The molecule has 4 rings (SSSR count). The molecule has 0 bridgehead atoms. The first-order valence-electron chi connectivity index (χ1n) is 10.8. The van der Waals surface area contributed by atoms with Crippen molar-refractivity contribution in [2.45, 2.75) is 69.6 Å². The van der Waals surface area contributed by atoms with E-state index in [0.717, 1.165) is 44.8 Å². The van der Waals surface area contributed by atoms with Crippen LogP contribution in [0.1, 0.15) is 61.7 Å². The number of hydrogen-bond acceptors (Lipinski definition) is 4. The van der Waals surface area contributed by atoms with Crippen molar-refractivity contribution in [2.24, 2.45) is 0 Å². The van der Waals surface area contributed by atoms with Gasteiger partial charge in [-0.1, -0.05) is 24.4 Å². The van der Waals surface area contributed by atoms with Crippen LogP contribution in [0.15, 0.2) is 18.2 Å². The maximum Gasteiger partial charge on any atom is 0.255 e. The summed E-state index contributed by atoms with van der Waals surface area (Å²) in [5.41, 5.74) is 0.539. The minimum absolute atomic E-state index is 0.104. The fourth-order valence-corrected chi connectivity index (χ4v) is 4.87. The van der Waals surface area contributed by atoms with Crippen molar-refractivity contribution in [1.82, 2.24) is 10.2 Å². The fraction of sp³-hybridized carbons (Fsp3) is 0.682. The highest BCUT2D eigenvalue weighted by Crippen LogP contribution is 2.29. The molecule has 3 fully saturated rings. The molecule has 3 aliphatic rings. The van der Waals surface area contributed by atoms with Gasteiger partial charge in [0.05, 0.1) is 5.56 Å². The van der Waals surface area contributed by atoms with Crippen LogP contribution in [0.5, 0.6) is 5.75 Å². The molecule has 1 aliphatic carbocycles. The Morgan fingerprint density at radius 3 is 2.50 bits per heavy atom. The average molecular weight is 407 g/mol. The van der Waals surface area contributed by atoms with Crippen molar-refractivity contribution in [3.05, 3.63) is 28.8 Å². The first-order chi connectivity index (χ1) is 13.7. The van der Waals surface area contributed by atoms with Gasteiger partial charge in [-0.05, 0) is 56.7 Å². The van der Waals surface area contributed by atoms with Crippen molar-refractivity contribution in [2.75, 3.05) is 26.3 Å². The molecular weight excluding hydrogens is 376 g/mol. The molecule has 5 nitrogen and oxygen atoms in total. The van der Waals surface area contributed by atoms with Gasteiger partial charge < -0.3 is 19.7 Å². The second-order valence-electron chi connectivity index (χ2n) is 8.29. The Kier molecular flexibility index (Phi) is 6.76.